The molecule has 2 N–H and O–H groups in total. The van der Waals surface area contributed by atoms with Crippen molar-refractivity contribution in [2.24, 2.45) is 5.73 Å². The maximum atomic E-state index is 13.5. The van der Waals surface area contributed by atoms with E-state index >= 15 is 0 Å². The molecule has 2 rings (SSSR count). The van der Waals surface area contributed by atoms with Crippen molar-refractivity contribution in [2.45, 2.75) is 13.2 Å². The first kappa shape index (κ1) is 12.8. The molecule has 0 saturated carbocycles. The third kappa shape index (κ3) is 2.78. The van der Waals surface area contributed by atoms with Crippen molar-refractivity contribution in [2.75, 3.05) is 0 Å². The highest BCUT2D eigenvalue weighted by molar-refractivity contribution is 6.32. The molecule has 2 aromatic rings. The van der Waals surface area contributed by atoms with Crippen LogP contribution in [0.5, 0.6) is 5.75 Å². The van der Waals surface area contributed by atoms with Crippen molar-refractivity contribution >= 4 is 11.6 Å². The summed E-state index contributed by atoms with van der Waals surface area (Å²) >= 11 is 5.86. The second kappa shape index (κ2) is 5.80. The number of nitrogens with two attached hydrogens (primary N) is 1. The number of ether oxygens (including phenoxy) is 1. The van der Waals surface area contributed by atoms with Crippen LogP contribution in [0.3, 0.4) is 0 Å². The lowest BCUT2D eigenvalue weighted by Gasteiger charge is -2.10. The van der Waals surface area contributed by atoms with E-state index in [1.54, 1.807) is 18.3 Å². The van der Waals surface area contributed by atoms with Gasteiger partial charge in [0.2, 0.25) is 0 Å². The smallest absolute Gasteiger partial charge is 0.174 e. The molecule has 0 amide bonds. The Morgan fingerprint density at radius 2 is 2.11 bits per heavy atom. The van der Waals surface area contributed by atoms with Crippen LogP contribution in [0.25, 0.3) is 0 Å². The third-order valence-corrected chi connectivity index (χ3v) is 2.77. The lowest BCUT2D eigenvalue weighted by molar-refractivity contribution is 0.289. The minimum absolute atomic E-state index is 0.0472. The molecule has 5 heteroatoms. The molecule has 0 unspecified atom stereocenters. The zero-order chi connectivity index (χ0) is 13.0. The minimum Gasteiger partial charge on any atom is -0.484 e. The number of rotatable bonds is 4. The minimum atomic E-state index is -0.485. The van der Waals surface area contributed by atoms with Gasteiger partial charge in [-0.2, -0.15) is 0 Å². The number of hydrogen-bond acceptors (Lipinski definition) is 3. The first-order valence-electron chi connectivity index (χ1n) is 5.42. The van der Waals surface area contributed by atoms with Crippen molar-refractivity contribution in [3.8, 4) is 5.75 Å². The van der Waals surface area contributed by atoms with Crippen molar-refractivity contribution in [1.82, 2.24) is 4.98 Å². The third-order valence-electron chi connectivity index (χ3n) is 2.47. The Balaban J connectivity index is 2.16. The van der Waals surface area contributed by atoms with E-state index in [2.05, 4.69) is 4.98 Å². The van der Waals surface area contributed by atoms with Crippen LogP contribution in [0, 0.1) is 5.82 Å². The van der Waals surface area contributed by atoms with Gasteiger partial charge < -0.3 is 10.5 Å². The Morgan fingerprint density at radius 1 is 1.28 bits per heavy atom. The molecule has 0 aliphatic carbocycles. The molecule has 1 heterocycles. The van der Waals surface area contributed by atoms with E-state index in [0.29, 0.717) is 6.54 Å². The summed E-state index contributed by atoms with van der Waals surface area (Å²) in [6, 6.07) is 8.02. The van der Waals surface area contributed by atoms with Gasteiger partial charge in [0.15, 0.2) is 11.6 Å². The second-order valence-corrected chi connectivity index (χ2v) is 4.06. The molecule has 0 aliphatic rings. The van der Waals surface area contributed by atoms with E-state index in [1.807, 2.05) is 6.07 Å². The van der Waals surface area contributed by atoms with Gasteiger partial charge in [-0.15, -0.1) is 0 Å². The number of hydrogen-bond donors (Lipinski definition) is 1. The van der Waals surface area contributed by atoms with Crippen molar-refractivity contribution in [3.63, 3.8) is 0 Å². The van der Waals surface area contributed by atoms with E-state index in [-0.39, 0.29) is 17.4 Å². The Kier molecular flexibility index (Phi) is 4.12. The summed E-state index contributed by atoms with van der Waals surface area (Å²) in [7, 11) is 0. The van der Waals surface area contributed by atoms with Crippen LogP contribution in [0.2, 0.25) is 5.02 Å². The number of benzene rings is 1. The standard InChI is InChI=1S/C13H12ClFN2O/c14-10-4-1-5-11(15)13(10)18-8-9-3-2-6-17-12(9)7-16/h1-6H,7-8,16H2. The fourth-order valence-corrected chi connectivity index (χ4v) is 1.77. The molecule has 0 saturated heterocycles. The predicted molar refractivity (Wildman–Crippen MR) is 67.9 cm³/mol. The zero-order valence-electron chi connectivity index (χ0n) is 9.57. The van der Waals surface area contributed by atoms with Gasteiger partial charge in [-0.1, -0.05) is 23.7 Å². The predicted octanol–water partition coefficient (Wildman–Crippen LogP) is 2.91. The summed E-state index contributed by atoms with van der Waals surface area (Å²) in [6.07, 6.45) is 1.65. The van der Waals surface area contributed by atoms with E-state index in [4.69, 9.17) is 22.1 Å². The summed E-state index contributed by atoms with van der Waals surface area (Å²) < 4.78 is 18.9. The summed E-state index contributed by atoms with van der Waals surface area (Å²) in [4.78, 5) is 4.12. The van der Waals surface area contributed by atoms with Crippen LogP contribution in [-0.4, -0.2) is 4.98 Å². The molecular weight excluding hydrogens is 255 g/mol. The van der Waals surface area contributed by atoms with Crippen LogP contribution >= 0.6 is 11.6 Å². The van der Waals surface area contributed by atoms with Crippen LogP contribution in [-0.2, 0) is 13.2 Å². The molecule has 0 bridgehead atoms. The molecular formula is C13H12ClFN2O. The van der Waals surface area contributed by atoms with Crippen LogP contribution in [0.1, 0.15) is 11.3 Å². The zero-order valence-corrected chi connectivity index (χ0v) is 10.3. The lowest BCUT2D eigenvalue weighted by atomic mass is 10.2. The molecule has 3 nitrogen and oxygen atoms in total. The normalized spacial score (nSPS) is 10.4. The Morgan fingerprint density at radius 3 is 2.83 bits per heavy atom. The number of aromatic nitrogens is 1. The summed E-state index contributed by atoms with van der Waals surface area (Å²) in [5, 5.41) is 0.244. The van der Waals surface area contributed by atoms with E-state index < -0.39 is 5.82 Å². The van der Waals surface area contributed by atoms with Crippen LogP contribution in [0.4, 0.5) is 4.39 Å². The highest BCUT2D eigenvalue weighted by atomic mass is 35.5. The Hall–Kier alpha value is -1.65. The van der Waals surface area contributed by atoms with E-state index in [1.165, 1.54) is 12.1 Å². The molecule has 0 radical (unpaired) electrons. The highest BCUT2D eigenvalue weighted by Gasteiger charge is 2.09. The SMILES string of the molecule is NCc1ncccc1COc1c(F)cccc1Cl. The number of nitrogens with zero attached hydrogens (tertiary/aromatic N) is 1. The van der Waals surface area contributed by atoms with E-state index in [9.17, 15) is 4.39 Å². The largest absolute Gasteiger partial charge is 0.484 e. The van der Waals surface area contributed by atoms with Gasteiger partial charge in [-0.3, -0.25) is 4.98 Å². The molecule has 0 spiro atoms. The van der Waals surface area contributed by atoms with Crippen molar-refractivity contribution in [3.05, 3.63) is 58.6 Å². The second-order valence-electron chi connectivity index (χ2n) is 3.65. The Labute approximate surface area is 109 Å². The van der Waals surface area contributed by atoms with Gasteiger partial charge in [-0.05, 0) is 18.2 Å². The van der Waals surface area contributed by atoms with Crippen molar-refractivity contribution in [1.29, 1.82) is 0 Å². The monoisotopic (exact) mass is 266 g/mol. The molecule has 0 fully saturated rings. The molecule has 18 heavy (non-hydrogen) atoms. The quantitative estimate of drug-likeness (QED) is 0.926. The molecule has 0 aliphatic heterocycles. The summed E-state index contributed by atoms with van der Waals surface area (Å²) in [5.74, 6) is -0.438. The van der Waals surface area contributed by atoms with Gasteiger partial charge in [0.05, 0.1) is 10.7 Å². The van der Waals surface area contributed by atoms with Gasteiger partial charge in [0, 0.05) is 18.3 Å². The fraction of sp³-hybridized carbons (Fsp3) is 0.154. The van der Waals surface area contributed by atoms with Crippen LogP contribution < -0.4 is 10.5 Å². The molecule has 94 valence electrons. The van der Waals surface area contributed by atoms with Crippen molar-refractivity contribution < 1.29 is 9.13 Å². The summed E-state index contributed by atoms with van der Waals surface area (Å²) in [6.45, 7) is 0.492. The maximum Gasteiger partial charge on any atom is 0.174 e. The van der Waals surface area contributed by atoms with E-state index in [0.717, 1.165) is 11.3 Å². The fourth-order valence-electron chi connectivity index (χ4n) is 1.56. The van der Waals surface area contributed by atoms with Gasteiger partial charge in [0.1, 0.15) is 6.61 Å². The topological polar surface area (TPSA) is 48.1 Å². The number of para-hydroxylation sites is 1. The van der Waals surface area contributed by atoms with Gasteiger partial charge >= 0.3 is 0 Å². The highest BCUT2D eigenvalue weighted by Crippen LogP contribution is 2.28. The van der Waals surface area contributed by atoms with Crippen LogP contribution in [0.15, 0.2) is 36.5 Å². The summed E-state index contributed by atoms with van der Waals surface area (Å²) in [5.41, 5.74) is 7.11. The Bertz CT molecular complexity index is 528. The average Bonchev–Trinajstić information content (AvgIpc) is 2.38. The average molecular weight is 267 g/mol. The number of pyridine rings is 1. The molecule has 1 aromatic carbocycles. The van der Waals surface area contributed by atoms with Gasteiger partial charge in [-0.25, -0.2) is 4.39 Å². The lowest BCUT2D eigenvalue weighted by Crippen LogP contribution is -2.07. The maximum absolute atomic E-state index is 13.5. The first-order chi connectivity index (χ1) is 8.72. The molecule has 0 atom stereocenters. The first-order valence-corrected chi connectivity index (χ1v) is 5.80. The molecule has 1 aromatic heterocycles. The number of halogens is 2. The van der Waals surface area contributed by atoms with Gasteiger partial charge in [0.25, 0.3) is 0 Å².